The minimum Gasteiger partial charge on any atom is -0.438 e. The van der Waals surface area contributed by atoms with Crippen molar-refractivity contribution in [1.29, 1.82) is 5.41 Å². The van der Waals surface area contributed by atoms with Gasteiger partial charge in [0.05, 0.1) is 11.2 Å². The molecule has 106 valence electrons. The summed E-state index contributed by atoms with van der Waals surface area (Å²) in [5.41, 5.74) is 7.63. The highest BCUT2D eigenvalue weighted by Gasteiger charge is 2.18. The minimum atomic E-state index is -0.0606. The third kappa shape index (κ3) is 2.31. The van der Waals surface area contributed by atoms with Crippen molar-refractivity contribution < 1.29 is 4.74 Å². The molecular formula is C15H15N5O. The van der Waals surface area contributed by atoms with Gasteiger partial charge in [-0.15, -0.1) is 0 Å². The van der Waals surface area contributed by atoms with Crippen LogP contribution in [0, 0.1) is 12.3 Å². The summed E-state index contributed by atoms with van der Waals surface area (Å²) in [5, 5.41) is 12.9. The second-order valence-corrected chi connectivity index (χ2v) is 4.76. The summed E-state index contributed by atoms with van der Waals surface area (Å²) >= 11 is 0. The summed E-state index contributed by atoms with van der Waals surface area (Å²) in [7, 11) is 1.76. The zero-order chi connectivity index (χ0) is 15.0. The van der Waals surface area contributed by atoms with Crippen LogP contribution in [0.5, 0.6) is 11.6 Å². The Morgan fingerprint density at radius 2 is 2.14 bits per heavy atom. The Hall–Kier alpha value is -2.89. The number of aryl methyl sites for hydroxylation is 2. The zero-order valence-corrected chi connectivity index (χ0v) is 11.8. The van der Waals surface area contributed by atoms with Crippen LogP contribution in [0.4, 0.5) is 0 Å². The Balaban J connectivity index is 2.04. The molecule has 21 heavy (non-hydrogen) atoms. The fourth-order valence-corrected chi connectivity index (χ4v) is 2.29. The average molecular weight is 281 g/mol. The first-order valence-corrected chi connectivity index (χ1v) is 6.47. The molecule has 2 heterocycles. The van der Waals surface area contributed by atoms with Crippen LogP contribution in [-0.2, 0) is 7.05 Å². The Kier molecular flexibility index (Phi) is 3.06. The lowest BCUT2D eigenvalue weighted by atomic mass is 10.2. The number of nitrogen functional groups attached to an aromatic ring is 1. The average Bonchev–Trinajstić information content (AvgIpc) is 2.73. The summed E-state index contributed by atoms with van der Waals surface area (Å²) in [4.78, 5) is 4.30. The number of aromatic nitrogens is 3. The number of nitrogens with zero attached hydrogens (tertiary/aromatic N) is 3. The van der Waals surface area contributed by atoms with Crippen LogP contribution in [0.2, 0.25) is 0 Å². The van der Waals surface area contributed by atoms with Crippen molar-refractivity contribution in [2.24, 2.45) is 12.8 Å². The van der Waals surface area contributed by atoms with Gasteiger partial charge < -0.3 is 10.5 Å². The molecule has 0 fully saturated rings. The normalized spacial score (nSPS) is 10.8. The van der Waals surface area contributed by atoms with E-state index in [1.807, 2.05) is 30.3 Å². The molecule has 2 aromatic heterocycles. The van der Waals surface area contributed by atoms with E-state index in [0.717, 1.165) is 10.9 Å². The number of pyridine rings is 1. The van der Waals surface area contributed by atoms with Crippen molar-refractivity contribution in [2.45, 2.75) is 6.92 Å². The van der Waals surface area contributed by atoms with Crippen molar-refractivity contribution in [1.82, 2.24) is 14.8 Å². The number of rotatable bonds is 3. The van der Waals surface area contributed by atoms with Crippen LogP contribution in [-0.4, -0.2) is 20.6 Å². The molecule has 0 bridgehead atoms. The van der Waals surface area contributed by atoms with Crippen LogP contribution in [0.25, 0.3) is 10.9 Å². The molecule has 0 unspecified atom stereocenters. The summed E-state index contributed by atoms with van der Waals surface area (Å²) in [6.45, 7) is 1.80. The Morgan fingerprint density at radius 1 is 1.33 bits per heavy atom. The summed E-state index contributed by atoms with van der Waals surface area (Å²) in [6, 6.07) is 9.52. The van der Waals surface area contributed by atoms with E-state index in [9.17, 15) is 0 Å². The molecule has 3 rings (SSSR count). The fourth-order valence-electron chi connectivity index (χ4n) is 2.29. The quantitative estimate of drug-likeness (QED) is 0.569. The SMILES string of the molecule is Cc1nn(C)c(Oc2ccc3cccnc3c2)c1C(=N)N. The van der Waals surface area contributed by atoms with Crippen molar-refractivity contribution in [3.8, 4) is 11.6 Å². The highest BCUT2D eigenvalue weighted by molar-refractivity contribution is 5.98. The van der Waals surface area contributed by atoms with Gasteiger partial charge in [0.2, 0.25) is 5.88 Å². The van der Waals surface area contributed by atoms with Gasteiger partial charge in [-0.2, -0.15) is 5.10 Å². The van der Waals surface area contributed by atoms with Crippen LogP contribution in [0.15, 0.2) is 36.5 Å². The molecule has 0 saturated heterocycles. The molecular weight excluding hydrogens is 266 g/mol. The molecule has 0 spiro atoms. The zero-order valence-electron chi connectivity index (χ0n) is 11.8. The maximum Gasteiger partial charge on any atom is 0.228 e. The van der Waals surface area contributed by atoms with E-state index in [1.54, 1.807) is 24.9 Å². The van der Waals surface area contributed by atoms with E-state index < -0.39 is 0 Å². The molecule has 6 heteroatoms. The molecule has 0 aliphatic rings. The van der Waals surface area contributed by atoms with Gasteiger partial charge in [0.1, 0.15) is 17.1 Å². The lowest BCUT2D eigenvalue weighted by Crippen LogP contribution is -2.13. The van der Waals surface area contributed by atoms with Gasteiger partial charge in [-0.3, -0.25) is 10.4 Å². The molecule has 0 radical (unpaired) electrons. The molecule has 0 aliphatic carbocycles. The molecule has 3 aromatic rings. The molecule has 1 aromatic carbocycles. The maximum absolute atomic E-state index is 7.66. The third-order valence-electron chi connectivity index (χ3n) is 3.23. The monoisotopic (exact) mass is 281 g/mol. The van der Waals surface area contributed by atoms with Gasteiger partial charge in [-0.25, -0.2) is 4.68 Å². The highest BCUT2D eigenvalue weighted by atomic mass is 16.5. The van der Waals surface area contributed by atoms with Gasteiger partial charge >= 0.3 is 0 Å². The molecule has 6 nitrogen and oxygen atoms in total. The van der Waals surface area contributed by atoms with Gasteiger partial charge in [0, 0.05) is 24.7 Å². The molecule has 0 saturated carbocycles. The van der Waals surface area contributed by atoms with E-state index in [2.05, 4.69) is 10.1 Å². The van der Waals surface area contributed by atoms with Gasteiger partial charge in [-0.1, -0.05) is 6.07 Å². The van der Waals surface area contributed by atoms with E-state index in [-0.39, 0.29) is 5.84 Å². The van der Waals surface area contributed by atoms with Gasteiger partial charge in [0.15, 0.2) is 0 Å². The highest BCUT2D eigenvalue weighted by Crippen LogP contribution is 2.28. The summed E-state index contributed by atoms with van der Waals surface area (Å²) < 4.78 is 7.45. The first-order chi connectivity index (χ1) is 10.1. The van der Waals surface area contributed by atoms with Crippen molar-refractivity contribution in [3.63, 3.8) is 0 Å². The van der Waals surface area contributed by atoms with Crippen molar-refractivity contribution in [2.75, 3.05) is 0 Å². The maximum atomic E-state index is 7.66. The standard InChI is InChI=1S/C15H15N5O/c1-9-13(14(16)17)15(20(2)19-9)21-11-6-5-10-4-3-7-18-12(10)8-11/h3-8H,1-2H3,(H3,16,17). The smallest absolute Gasteiger partial charge is 0.228 e. The first-order valence-electron chi connectivity index (χ1n) is 6.47. The Morgan fingerprint density at radius 3 is 2.90 bits per heavy atom. The fraction of sp³-hybridized carbons (Fsp3) is 0.133. The Bertz CT molecular complexity index is 837. The number of ether oxygens (including phenoxy) is 1. The van der Waals surface area contributed by atoms with Crippen LogP contribution >= 0.6 is 0 Å². The predicted molar refractivity (Wildman–Crippen MR) is 80.8 cm³/mol. The van der Waals surface area contributed by atoms with E-state index in [0.29, 0.717) is 22.9 Å². The number of amidine groups is 1. The number of hydrogen-bond acceptors (Lipinski definition) is 4. The van der Waals surface area contributed by atoms with E-state index in [4.69, 9.17) is 15.9 Å². The summed E-state index contributed by atoms with van der Waals surface area (Å²) in [5.74, 6) is 1.02. The van der Waals surface area contributed by atoms with Gasteiger partial charge in [0.25, 0.3) is 0 Å². The van der Waals surface area contributed by atoms with Crippen LogP contribution in [0.1, 0.15) is 11.3 Å². The second kappa shape index (κ2) is 4.90. The number of nitrogens with two attached hydrogens (primary N) is 1. The van der Waals surface area contributed by atoms with Crippen LogP contribution in [0.3, 0.4) is 0 Å². The summed E-state index contributed by atoms with van der Waals surface area (Å²) in [6.07, 6.45) is 1.74. The predicted octanol–water partition coefficient (Wildman–Crippen LogP) is 2.35. The van der Waals surface area contributed by atoms with Crippen molar-refractivity contribution >= 4 is 16.7 Å². The number of hydrogen-bond donors (Lipinski definition) is 2. The molecule has 0 aliphatic heterocycles. The Labute approximate surface area is 121 Å². The number of benzene rings is 1. The molecule has 0 atom stereocenters. The largest absolute Gasteiger partial charge is 0.438 e. The minimum absolute atomic E-state index is 0.0606. The third-order valence-corrected chi connectivity index (χ3v) is 3.23. The molecule has 0 amide bonds. The van der Waals surface area contributed by atoms with Gasteiger partial charge in [-0.05, 0) is 25.1 Å². The lowest BCUT2D eigenvalue weighted by molar-refractivity contribution is 0.430. The number of fused-ring (bicyclic) bond motifs is 1. The first kappa shape index (κ1) is 13.1. The van der Waals surface area contributed by atoms with Crippen molar-refractivity contribution in [3.05, 3.63) is 47.8 Å². The molecule has 3 N–H and O–H groups in total. The number of nitrogens with one attached hydrogen (secondary N) is 1. The second-order valence-electron chi connectivity index (χ2n) is 4.76. The lowest BCUT2D eigenvalue weighted by Gasteiger charge is -2.08. The van der Waals surface area contributed by atoms with Crippen LogP contribution < -0.4 is 10.5 Å². The topological polar surface area (TPSA) is 89.8 Å². The van der Waals surface area contributed by atoms with E-state index in [1.165, 1.54) is 0 Å². The van der Waals surface area contributed by atoms with E-state index >= 15 is 0 Å².